The summed E-state index contributed by atoms with van der Waals surface area (Å²) in [7, 11) is 1.56. The van der Waals surface area contributed by atoms with E-state index in [9.17, 15) is 18.4 Å². The van der Waals surface area contributed by atoms with Gasteiger partial charge in [-0.1, -0.05) is 53.8 Å². The van der Waals surface area contributed by atoms with Gasteiger partial charge in [0.25, 0.3) is 0 Å². The Kier molecular flexibility index (Phi) is 7.81. The summed E-state index contributed by atoms with van der Waals surface area (Å²) in [6.07, 6.45) is 0.160. The van der Waals surface area contributed by atoms with Crippen LogP contribution in [0.5, 0.6) is 5.75 Å². The van der Waals surface area contributed by atoms with E-state index < -0.39 is 29.6 Å². The molecule has 0 aliphatic carbocycles. The quantitative estimate of drug-likeness (QED) is 0.315. The van der Waals surface area contributed by atoms with Crippen LogP contribution in [0.25, 0.3) is 10.6 Å². The third-order valence-corrected chi connectivity index (χ3v) is 5.94. The molecule has 1 atom stereocenters. The maximum atomic E-state index is 13.9. The normalized spacial score (nSPS) is 11.4. The molecule has 1 heterocycles. The van der Waals surface area contributed by atoms with Crippen LogP contribution in [0, 0.1) is 11.6 Å². The highest BCUT2D eigenvalue weighted by Gasteiger charge is 2.23. The fraction of sp³-hybridized carbons (Fsp3) is 0.120. The number of ether oxygens (including phenoxy) is 1. The lowest BCUT2D eigenvalue weighted by Gasteiger charge is -2.18. The van der Waals surface area contributed by atoms with E-state index in [-0.39, 0.29) is 17.2 Å². The molecule has 0 aliphatic rings. The van der Waals surface area contributed by atoms with Crippen molar-refractivity contribution in [2.75, 3.05) is 17.7 Å². The molecule has 184 valence electrons. The predicted molar refractivity (Wildman–Crippen MR) is 133 cm³/mol. The van der Waals surface area contributed by atoms with Gasteiger partial charge in [0.05, 0.1) is 12.8 Å². The lowest BCUT2D eigenvalue weighted by molar-refractivity contribution is -0.117. The summed E-state index contributed by atoms with van der Waals surface area (Å²) in [6.45, 7) is 0. The molecule has 36 heavy (non-hydrogen) atoms. The van der Waals surface area contributed by atoms with Crippen molar-refractivity contribution in [2.45, 2.75) is 12.5 Å². The molecule has 0 radical (unpaired) electrons. The first-order valence-corrected chi connectivity index (χ1v) is 11.6. The molecule has 1 aromatic heterocycles. The number of carbonyl (C=O) groups excluding carboxylic acids is 2. The van der Waals surface area contributed by atoms with Crippen molar-refractivity contribution in [3.8, 4) is 16.3 Å². The second kappa shape index (κ2) is 11.4. The molecule has 11 heteroatoms. The molecule has 0 fully saturated rings. The van der Waals surface area contributed by atoms with Gasteiger partial charge < -0.3 is 15.4 Å². The van der Waals surface area contributed by atoms with Gasteiger partial charge in [-0.2, -0.15) is 0 Å². The lowest BCUT2D eigenvalue weighted by Crippen LogP contribution is -2.47. The Labute approximate surface area is 209 Å². The van der Waals surface area contributed by atoms with Gasteiger partial charge in [-0.05, 0) is 29.8 Å². The Morgan fingerprint density at radius 2 is 1.78 bits per heavy atom. The summed E-state index contributed by atoms with van der Waals surface area (Å²) in [5, 5.41) is 16.5. The maximum absolute atomic E-state index is 13.9. The average molecular weight is 510 g/mol. The number of benzene rings is 3. The number of halogens is 2. The number of carbonyl (C=O) groups is 2. The first-order valence-electron chi connectivity index (χ1n) is 10.8. The van der Waals surface area contributed by atoms with Gasteiger partial charge in [-0.3, -0.25) is 10.1 Å². The second-order valence-corrected chi connectivity index (χ2v) is 8.58. The molecular weight excluding hydrogens is 488 g/mol. The van der Waals surface area contributed by atoms with Crippen molar-refractivity contribution in [3.63, 3.8) is 0 Å². The zero-order chi connectivity index (χ0) is 25.5. The van der Waals surface area contributed by atoms with Gasteiger partial charge in [0, 0.05) is 18.1 Å². The van der Waals surface area contributed by atoms with Crippen molar-refractivity contribution in [2.24, 2.45) is 0 Å². The monoisotopic (exact) mass is 509 g/mol. The Balaban J connectivity index is 1.48. The predicted octanol–water partition coefficient (Wildman–Crippen LogP) is 4.86. The molecular formula is C25H21F2N5O3S. The van der Waals surface area contributed by atoms with Gasteiger partial charge in [-0.15, -0.1) is 10.2 Å². The van der Waals surface area contributed by atoms with E-state index >= 15 is 0 Å². The molecule has 0 bridgehead atoms. The first kappa shape index (κ1) is 24.7. The van der Waals surface area contributed by atoms with E-state index in [0.717, 1.165) is 34.6 Å². The summed E-state index contributed by atoms with van der Waals surface area (Å²) < 4.78 is 32.3. The summed E-state index contributed by atoms with van der Waals surface area (Å²) in [4.78, 5) is 25.7. The van der Waals surface area contributed by atoms with Gasteiger partial charge in [0.1, 0.15) is 28.4 Å². The van der Waals surface area contributed by atoms with Crippen LogP contribution >= 0.6 is 11.3 Å². The number of methoxy groups -OCH3 is 1. The fourth-order valence-corrected chi connectivity index (χ4v) is 4.05. The highest BCUT2D eigenvalue weighted by atomic mass is 32.1. The number of anilines is 2. The van der Waals surface area contributed by atoms with Crippen molar-refractivity contribution in [1.82, 2.24) is 15.5 Å². The third-order valence-electron chi connectivity index (χ3n) is 5.06. The first-order chi connectivity index (χ1) is 17.4. The van der Waals surface area contributed by atoms with E-state index in [4.69, 9.17) is 4.74 Å². The van der Waals surface area contributed by atoms with Crippen LogP contribution in [-0.2, 0) is 11.2 Å². The Morgan fingerprint density at radius 1 is 0.972 bits per heavy atom. The number of hydrogen-bond acceptors (Lipinski definition) is 6. The highest BCUT2D eigenvalue weighted by Crippen LogP contribution is 2.29. The number of aromatic nitrogens is 2. The lowest BCUT2D eigenvalue weighted by atomic mass is 10.1. The zero-order valence-electron chi connectivity index (χ0n) is 19.0. The molecule has 0 saturated carbocycles. The standard InChI is InChI=1S/C25H21F2N5O3S/c1-35-18-9-5-8-16(13-18)23-31-32-25(36-23)30-22(33)21(12-15-6-3-2-4-7-15)29-24(34)28-20-11-10-17(26)14-19(20)27/h2-11,13-14,21H,12H2,1H3,(H2,28,29,34)(H,30,32,33). The summed E-state index contributed by atoms with van der Waals surface area (Å²) in [5.41, 5.74) is 1.34. The summed E-state index contributed by atoms with van der Waals surface area (Å²) in [5.74, 6) is -1.59. The molecule has 0 saturated heterocycles. The fourth-order valence-electron chi connectivity index (χ4n) is 3.31. The second-order valence-electron chi connectivity index (χ2n) is 7.60. The summed E-state index contributed by atoms with van der Waals surface area (Å²) in [6, 6.07) is 17.2. The number of hydrogen-bond donors (Lipinski definition) is 3. The average Bonchev–Trinajstić information content (AvgIpc) is 3.34. The summed E-state index contributed by atoms with van der Waals surface area (Å²) >= 11 is 1.16. The largest absolute Gasteiger partial charge is 0.497 e. The van der Waals surface area contributed by atoms with Gasteiger partial charge in [0.2, 0.25) is 11.0 Å². The molecule has 3 aromatic carbocycles. The van der Waals surface area contributed by atoms with E-state index in [1.807, 2.05) is 42.5 Å². The number of urea groups is 1. The zero-order valence-corrected chi connectivity index (χ0v) is 19.8. The molecule has 3 amide bonds. The third kappa shape index (κ3) is 6.39. The number of nitrogens with zero attached hydrogens (tertiary/aromatic N) is 2. The van der Waals surface area contributed by atoms with E-state index in [0.29, 0.717) is 16.8 Å². The molecule has 8 nitrogen and oxygen atoms in total. The van der Waals surface area contributed by atoms with Crippen molar-refractivity contribution >= 4 is 34.1 Å². The molecule has 3 N–H and O–H groups in total. The van der Waals surface area contributed by atoms with E-state index in [2.05, 4.69) is 26.1 Å². The maximum Gasteiger partial charge on any atom is 0.319 e. The van der Waals surface area contributed by atoms with Crippen LogP contribution < -0.4 is 20.7 Å². The smallest absolute Gasteiger partial charge is 0.319 e. The van der Waals surface area contributed by atoms with Crippen molar-refractivity contribution in [1.29, 1.82) is 0 Å². The van der Waals surface area contributed by atoms with Gasteiger partial charge in [0.15, 0.2) is 0 Å². The number of nitrogens with one attached hydrogen (secondary N) is 3. The van der Waals surface area contributed by atoms with Crippen molar-refractivity contribution in [3.05, 3.63) is 90.0 Å². The molecule has 0 spiro atoms. The molecule has 0 aliphatic heterocycles. The van der Waals surface area contributed by atoms with Gasteiger partial charge in [-0.25, -0.2) is 13.6 Å². The topological polar surface area (TPSA) is 105 Å². The number of amides is 3. The van der Waals surface area contributed by atoms with Crippen LogP contribution in [-0.4, -0.2) is 35.3 Å². The van der Waals surface area contributed by atoms with Crippen LogP contribution in [0.2, 0.25) is 0 Å². The molecule has 4 rings (SSSR count). The van der Waals surface area contributed by atoms with Gasteiger partial charge >= 0.3 is 6.03 Å². The molecule has 1 unspecified atom stereocenters. The van der Waals surface area contributed by atoms with Crippen LogP contribution in [0.3, 0.4) is 0 Å². The minimum absolute atomic E-state index is 0.160. The molecule has 4 aromatic rings. The van der Waals surface area contributed by atoms with Crippen molar-refractivity contribution < 1.29 is 23.1 Å². The Hall–Kier alpha value is -4.38. The SMILES string of the molecule is COc1cccc(-c2nnc(NC(=O)C(Cc3ccccc3)NC(=O)Nc3ccc(F)cc3F)s2)c1. The van der Waals surface area contributed by atoms with E-state index in [1.54, 1.807) is 19.2 Å². The Bertz CT molecular complexity index is 1370. The van der Waals surface area contributed by atoms with Crippen LogP contribution in [0.1, 0.15) is 5.56 Å². The minimum Gasteiger partial charge on any atom is -0.497 e. The van der Waals surface area contributed by atoms with Crippen LogP contribution in [0.4, 0.5) is 24.4 Å². The van der Waals surface area contributed by atoms with E-state index in [1.165, 1.54) is 0 Å². The Morgan fingerprint density at radius 3 is 2.53 bits per heavy atom. The number of rotatable bonds is 8. The minimum atomic E-state index is -1.03. The van der Waals surface area contributed by atoms with Crippen LogP contribution in [0.15, 0.2) is 72.8 Å². The highest BCUT2D eigenvalue weighted by molar-refractivity contribution is 7.18.